The molecule has 0 saturated carbocycles. The second-order valence-electron chi connectivity index (χ2n) is 4.88. The van der Waals surface area contributed by atoms with Gasteiger partial charge in [-0.1, -0.05) is 87.8 Å². The predicted octanol–water partition coefficient (Wildman–Crippen LogP) is 3.38. The second-order valence-corrected chi connectivity index (χ2v) is 4.88. The van der Waals surface area contributed by atoms with Gasteiger partial charge in [-0.2, -0.15) is 6.42 Å². The molecule has 1 aromatic carbocycles. The van der Waals surface area contributed by atoms with Gasteiger partial charge in [0.25, 0.3) is 0 Å². The maximum atomic E-state index is 11.7. The Bertz CT molecular complexity index is 202. The van der Waals surface area contributed by atoms with Crippen LogP contribution < -0.4 is 29.6 Å². The Morgan fingerprint density at radius 1 is 0.550 bits per heavy atom. The van der Waals surface area contributed by atoms with Crippen LogP contribution in [0, 0.1) is 6.92 Å². The van der Waals surface area contributed by atoms with Crippen molar-refractivity contribution in [2.24, 2.45) is 0 Å². The molecule has 0 N–H and O–H groups in total. The van der Waals surface area contributed by atoms with Gasteiger partial charge in [-0.25, -0.2) is 0 Å². The quantitative estimate of drug-likeness (QED) is 0.352. The maximum Gasteiger partial charge on any atom is 1.00 e. The van der Waals surface area contributed by atoms with Crippen LogP contribution in [0.3, 0.4) is 0 Å². The van der Waals surface area contributed by atoms with E-state index in [1.807, 2.05) is 36.4 Å². The van der Waals surface area contributed by atoms with Crippen molar-refractivity contribution >= 4 is 0 Å². The average Bonchev–Trinajstić information content (AvgIpc) is 2.48. The molecule has 110 valence electrons. The fraction of sp³-hybridized carbons (Fsp3) is 0.611. The number of unbranched alkanes of at least 4 members (excludes halogenated alkanes) is 9. The van der Waals surface area contributed by atoms with Gasteiger partial charge in [0.05, 0.1) is 6.67 Å². The standard InChI is InChI=1S/C12H24F.C6H6.Na/c1-2-3-4-5-6-7-8-9-10-11-12-13;1-2-4-6-5-3-1;/h1-12H2;1-6H;/q-1;;+1. The van der Waals surface area contributed by atoms with Crippen LogP contribution >= 0.6 is 0 Å². The first-order chi connectivity index (χ1) is 9.41. The van der Waals surface area contributed by atoms with Gasteiger partial charge in [0.1, 0.15) is 0 Å². The van der Waals surface area contributed by atoms with Crippen molar-refractivity contribution in [3.8, 4) is 0 Å². The van der Waals surface area contributed by atoms with Crippen molar-refractivity contribution in [2.45, 2.75) is 64.2 Å². The molecule has 1 aromatic rings. The summed E-state index contributed by atoms with van der Waals surface area (Å²) in [5.41, 5.74) is 0. The summed E-state index contributed by atoms with van der Waals surface area (Å²) in [6.07, 6.45) is 12.1. The van der Waals surface area contributed by atoms with Gasteiger partial charge >= 0.3 is 29.6 Å². The van der Waals surface area contributed by atoms with Crippen LogP contribution in [-0.4, -0.2) is 6.67 Å². The van der Waals surface area contributed by atoms with Crippen LogP contribution in [0.25, 0.3) is 0 Å². The normalized spacial score (nSPS) is 9.30. The van der Waals surface area contributed by atoms with Crippen LogP contribution in [-0.2, 0) is 0 Å². The minimum Gasteiger partial charge on any atom is -0.343 e. The Morgan fingerprint density at radius 3 is 1.15 bits per heavy atom. The molecule has 2 heteroatoms. The Labute approximate surface area is 147 Å². The summed E-state index contributed by atoms with van der Waals surface area (Å²) >= 11 is 0. The topological polar surface area (TPSA) is 0 Å². The fourth-order valence-electron chi connectivity index (χ4n) is 1.89. The van der Waals surface area contributed by atoms with Gasteiger partial charge in [-0.15, -0.1) is 0 Å². The Kier molecular flexibility index (Phi) is 24.1. The number of benzene rings is 1. The van der Waals surface area contributed by atoms with Gasteiger partial charge in [0.15, 0.2) is 0 Å². The Hall–Kier alpha value is 0.150. The molecule has 0 aliphatic heterocycles. The number of alkyl halides is 1. The number of rotatable bonds is 10. The minimum atomic E-state index is -0.135. The van der Waals surface area contributed by atoms with E-state index in [1.165, 1.54) is 44.9 Å². The molecule has 0 aromatic heterocycles. The molecule has 0 heterocycles. The smallest absolute Gasteiger partial charge is 0.343 e. The summed E-state index contributed by atoms with van der Waals surface area (Å²) in [5, 5.41) is 0. The summed E-state index contributed by atoms with van der Waals surface area (Å²) in [5.74, 6) is 0. The molecule has 1 rings (SSSR count). The monoisotopic (exact) mass is 288 g/mol. The van der Waals surface area contributed by atoms with Crippen LogP contribution in [0.1, 0.15) is 64.2 Å². The van der Waals surface area contributed by atoms with Crippen molar-refractivity contribution in [3.63, 3.8) is 0 Å². The molecular formula is C18H30FNa. The molecule has 0 bridgehead atoms. The molecule has 0 fully saturated rings. The van der Waals surface area contributed by atoms with Crippen molar-refractivity contribution < 1.29 is 33.9 Å². The van der Waals surface area contributed by atoms with Gasteiger partial charge in [-0.05, 0) is 6.42 Å². The van der Waals surface area contributed by atoms with E-state index < -0.39 is 0 Å². The SMILES string of the molecule is [CH2-]CCCCCCCCCCCF.[Na+].c1ccccc1. The van der Waals surface area contributed by atoms with E-state index in [2.05, 4.69) is 6.92 Å². The molecule has 0 amide bonds. The maximum absolute atomic E-state index is 11.7. The fourth-order valence-corrected chi connectivity index (χ4v) is 1.89. The molecular weight excluding hydrogens is 258 g/mol. The zero-order valence-electron chi connectivity index (χ0n) is 13.3. The number of hydrogen-bond acceptors (Lipinski definition) is 0. The molecule has 0 nitrogen and oxygen atoms in total. The van der Waals surface area contributed by atoms with Crippen molar-refractivity contribution in [1.29, 1.82) is 0 Å². The van der Waals surface area contributed by atoms with Crippen LogP contribution in [0.15, 0.2) is 36.4 Å². The number of halogens is 1. The zero-order valence-corrected chi connectivity index (χ0v) is 15.3. The summed E-state index contributed by atoms with van der Waals surface area (Å²) < 4.78 is 11.7. The van der Waals surface area contributed by atoms with E-state index in [-0.39, 0.29) is 36.2 Å². The molecule has 0 atom stereocenters. The summed E-state index contributed by atoms with van der Waals surface area (Å²) in [6.45, 7) is 3.68. The van der Waals surface area contributed by atoms with Crippen molar-refractivity contribution in [1.82, 2.24) is 0 Å². The van der Waals surface area contributed by atoms with Crippen molar-refractivity contribution in [3.05, 3.63) is 43.3 Å². The Balaban J connectivity index is 0. The molecule has 0 radical (unpaired) electrons. The molecule has 0 unspecified atom stereocenters. The van der Waals surface area contributed by atoms with Crippen molar-refractivity contribution in [2.75, 3.05) is 6.67 Å². The minimum absolute atomic E-state index is 0. The molecule has 0 aliphatic rings. The first kappa shape index (κ1) is 22.4. The van der Waals surface area contributed by atoms with Gasteiger partial charge in [-0.3, -0.25) is 4.39 Å². The van der Waals surface area contributed by atoms with Crippen LogP contribution in [0.4, 0.5) is 4.39 Å². The van der Waals surface area contributed by atoms with E-state index in [9.17, 15) is 4.39 Å². The molecule has 0 aliphatic carbocycles. The van der Waals surface area contributed by atoms with Gasteiger partial charge in [0, 0.05) is 0 Å². The molecule has 0 saturated heterocycles. The summed E-state index contributed by atoms with van der Waals surface area (Å²) in [6, 6.07) is 12.0. The third-order valence-corrected chi connectivity index (χ3v) is 3.05. The first-order valence-corrected chi connectivity index (χ1v) is 7.77. The summed E-state index contributed by atoms with van der Waals surface area (Å²) in [7, 11) is 0. The van der Waals surface area contributed by atoms with Gasteiger partial charge < -0.3 is 6.92 Å². The first-order valence-electron chi connectivity index (χ1n) is 7.77. The average molecular weight is 288 g/mol. The molecule has 0 spiro atoms. The Morgan fingerprint density at radius 2 is 0.850 bits per heavy atom. The molecule has 20 heavy (non-hydrogen) atoms. The largest absolute Gasteiger partial charge is 1.00 e. The van der Waals surface area contributed by atoms with Crippen LogP contribution in [0.2, 0.25) is 0 Å². The third-order valence-electron chi connectivity index (χ3n) is 3.05. The predicted molar refractivity (Wildman–Crippen MR) is 83.9 cm³/mol. The number of hydrogen-bond donors (Lipinski definition) is 0. The van der Waals surface area contributed by atoms with E-state index in [1.54, 1.807) is 0 Å². The van der Waals surface area contributed by atoms with E-state index in [0.29, 0.717) is 0 Å². The summed E-state index contributed by atoms with van der Waals surface area (Å²) in [4.78, 5) is 0. The van der Waals surface area contributed by atoms with Gasteiger partial charge in [0.2, 0.25) is 0 Å². The van der Waals surface area contributed by atoms with Crippen LogP contribution in [0.5, 0.6) is 0 Å². The zero-order chi connectivity index (χ0) is 14.0. The van der Waals surface area contributed by atoms with E-state index in [4.69, 9.17) is 0 Å². The third kappa shape index (κ3) is 20.5. The van der Waals surface area contributed by atoms with E-state index >= 15 is 0 Å². The second kappa shape index (κ2) is 21.4. The van der Waals surface area contributed by atoms with E-state index in [0.717, 1.165) is 19.3 Å².